The van der Waals surface area contributed by atoms with E-state index >= 15 is 0 Å². The summed E-state index contributed by atoms with van der Waals surface area (Å²) in [7, 11) is 0. The molecule has 0 atom stereocenters. The fraction of sp³-hybridized carbons (Fsp3) is 0.0667. The number of ether oxygens (including phenoxy) is 1. The first-order valence-corrected chi connectivity index (χ1v) is 6.46. The van der Waals surface area contributed by atoms with Crippen LogP contribution < -0.4 is 4.74 Å². The summed E-state index contributed by atoms with van der Waals surface area (Å²) in [4.78, 5) is 0. The Hall–Kier alpha value is -1.75. The molecule has 0 fully saturated rings. The Kier molecular flexibility index (Phi) is 4.18. The van der Waals surface area contributed by atoms with E-state index in [2.05, 4.69) is 27.2 Å². The first-order chi connectivity index (χ1) is 9.37. The minimum absolute atomic E-state index is 0.241. The molecule has 104 valence electrons. The Balaban J connectivity index is 2.40. The molecule has 2 aromatic rings. The average Bonchev–Trinajstić information content (AvgIpc) is 2.36. The van der Waals surface area contributed by atoms with Gasteiger partial charge in [-0.15, -0.1) is 13.2 Å². The van der Waals surface area contributed by atoms with Crippen LogP contribution in [0.25, 0.3) is 17.2 Å². The highest BCUT2D eigenvalue weighted by Crippen LogP contribution is 2.30. The zero-order valence-electron chi connectivity index (χ0n) is 10.2. The fourth-order valence-electron chi connectivity index (χ4n) is 1.77. The van der Waals surface area contributed by atoms with Crippen molar-refractivity contribution in [1.29, 1.82) is 0 Å². The van der Waals surface area contributed by atoms with Gasteiger partial charge in [0.05, 0.1) is 0 Å². The zero-order chi connectivity index (χ0) is 14.8. The highest BCUT2D eigenvalue weighted by Gasteiger charge is 2.31. The Morgan fingerprint density at radius 1 is 1.05 bits per heavy atom. The molecule has 1 nitrogen and oxygen atoms in total. The third-order valence-electron chi connectivity index (χ3n) is 2.56. The lowest BCUT2D eigenvalue weighted by atomic mass is 10.0. The van der Waals surface area contributed by atoms with Crippen molar-refractivity contribution in [3.63, 3.8) is 0 Å². The van der Waals surface area contributed by atoms with E-state index in [9.17, 15) is 13.2 Å². The van der Waals surface area contributed by atoms with Crippen LogP contribution in [0.3, 0.4) is 0 Å². The van der Waals surface area contributed by atoms with Gasteiger partial charge in [0.2, 0.25) is 0 Å². The zero-order valence-corrected chi connectivity index (χ0v) is 11.8. The number of hydrogen-bond acceptors (Lipinski definition) is 1. The molecular weight excluding hydrogens is 333 g/mol. The lowest BCUT2D eigenvalue weighted by Crippen LogP contribution is -2.17. The monoisotopic (exact) mass is 342 g/mol. The van der Waals surface area contributed by atoms with Crippen LogP contribution >= 0.6 is 15.9 Å². The molecular formula is C15H10BrF3O. The summed E-state index contributed by atoms with van der Waals surface area (Å²) in [5.41, 5.74) is 2.29. The van der Waals surface area contributed by atoms with Gasteiger partial charge in [-0.1, -0.05) is 40.7 Å². The number of hydrogen-bond donors (Lipinski definition) is 0. The van der Waals surface area contributed by atoms with Gasteiger partial charge in [0, 0.05) is 4.47 Å². The van der Waals surface area contributed by atoms with E-state index in [0.717, 1.165) is 15.6 Å². The average molecular weight is 343 g/mol. The lowest BCUT2D eigenvalue weighted by Gasteiger charge is -2.10. The van der Waals surface area contributed by atoms with Gasteiger partial charge in [0.25, 0.3) is 0 Å². The molecule has 0 spiro atoms. The normalized spacial score (nSPS) is 11.2. The second-order valence-corrected chi connectivity index (χ2v) is 4.97. The third kappa shape index (κ3) is 3.87. The molecule has 0 N–H and O–H groups in total. The van der Waals surface area contributed by atoms with Crippen LogP contribution in [0.5, 0.6) is 5.75 Å². The third-order valence-corrected chi connectivity index (χ3v) is 3.01. The number of rotatable bonds is 3. The molecule has 0 aliphatic heterocycles. The van der Waals surface area contributed by atoms with Crippen molar-refractivity contribution in [3.05, 3.63) is 59.1 Å². The highest BCUT2D eigenvalue weighted by atomic mass is 79.9. The van der Waals surface area contributed by atoms with Crippen LogP contribution in [-0.2, 0) is 0 Å². The molecule has 0 saturated heterocycles. The minimum atomic E-state index is -4.69. The molecule has 0 saturated carbocycles. The first-order valence-electron chi connectivity index (χ1n) is 5.66. The van der Waals surface area contributed by atoms with Gasteiger partial charge in [-0.25, -0.2) is 0 Å². The van der Waals surface area contributed by atoms with Crippen molar-refractivity contribution in [2.24, 2.45) is 0 Å². The van der Waals surface area contributed by atoms with E-state index in [-0.39, 0.29) is 5.75 Å². The smallest absolute Gasteiger partial charge is 0.406 e. The minimum Gasteiger partial charge on any atom is -0.406 e. The molecule has 0 heterocycles. The number of alkyl halides is 3. The Labute approximate surface area is 122 Å². The summed E-state index contributed by atoms with van der Waals surface area (Å²) in [6.07, 6.45) is -3.02. The SMILES string of the molecule is C=Cc1cc(Br)cc(-c2cccc(OC(F)(F)F)c2)c1. The molecule has 0 unspecified atom stereocenters. The highest BCUT2D eigenvalue weighted by molar-refractivity contribution is 9.10. The predicted molar refractivity (Wildman–Crippen MR) is 76.4 cm³/mol. The molecule has 2 rings (SSSR count). The van der Waals surface area contributed by atoms with Crippen LogP contribution in [0.15, 0.2) is 53.5 Å². The summed E-state index contributed by atoms with van der Waals surface area (Å²) in [6.45, 7) is 3.68. The number of benzene rings is 2. The van der Waals surface area contributed by atoms with E-state index in [1.165, 1.54) is 18.2 Å². The van der Waals surface area contributed by atoms with Crippen LogP contribution in [0.1, 0.15) is 5.56 Å². The molecule has 0 radical (unpaired) electrons. The Morgan fingerprint density at radius 3 is 2.45 bits per heavy atom. The quantitative estimate of drug-likeness (QED) is 0.699. The maximum atomic E-state index is 12.2. The van der Waals surface area contributed by atoms with Crippen molar-refractivity contribution in [1.82, 2.24) is 0 Å². The van der Waals surface area contributed by atoms with Crippen LogP contribution in [-0.4, -0.2) is 6.36 Å². The van der Waals surface area contributed by atoms with Gasteiger partial charge >= 0.3 is 6.36 Å². The topological polar surface area (TPSA) is 9.23 Å². The molecule has 0 aliphatic carbocycles. The largest absolute Gasteiger partial charge is 0.573 e. The second kappa shape index (κ2) is 5.71. The van der Waals surface area contributed by atoms with Crippen LogP contribution in [0.2, 0.25) is 0 Å². The summed E-state index contributed by atoms with van der Waals surface area (Å²) in [6, 6.07) is 11.4. The fourth-order valence-corrected chi connectivity index (χ4v) is 2.28. The molecule has 20 heavy (non-hydrogen) atoms. The lowest BCUT2D eigenvalue weighted by molar-refractivity contribution is -0.274. The Bertz CT molecular complexity index is 635. The van der Waals surface area contributed by atoms with Crippen molar-refractivity contribution in [3.8, 4) is 16.9 Å². The van der Waals surface area contributed by atoms with Gasteiger partial charge in [-0.2, -0.15) is 0 Å². The predicted octanol–water partition coefficient (Wildman–Crippen LogP) is 5.66. The van der Waals surface area contributed by atoms with Crippen molar-refractivity contribution in [2.45, 2.75) is 6.36 Å². The van der Waals surface area contributed by atoms with Gasteiger partial charge in [0.15, 0.2) is 0 Å². The van der Waals surface area contributed by atoms with Crippen molar-refractivity contribution in [2.75, 3.05) is 0 Å². The molecule has 0 amide bonds. The molecule has 5 heteroatoms. The molecule has 0 aromatic heterocycles. The standard InChI is InChI=1S/C15H10BrF3O/c1-2-10-6-12(8-13(16)7-10)11-4-3-5-14(9-11)20-15(17,18)19/h2-9H,1H2. The maximum Gasteiger partial charge on any atom is 0.573 e. The Morgan fingerprint density at radius 2 is 1.80 bits per heavy atom. The van der Waals surface area contributed by atoms with Gasteiger partial charge in [-0.05, 0) is 47.0 Å². The van der Waals surface area contributed by atoms with Crippen molar-refractivity contribution < 1.29 is 17.9 Å². The van der Waals surface area contributed by atoms with Gasteiger partial charge < -0.3 is 4.74 Å². The van der Waals surface area contributed by atoms with E-state index in [0.29, 0.717) is 5.56 Å². The summed E-state index contributed by atoms with van der Waals surface area (Å²) < 4.78 is 41.4. The van der Waals surface area contributed by atoms with Gasteiger partial charge in [0.1, 0.15) is 5.75 Å². The van der Waals surface area contributed by atoms with Crippen LogP contribution in [0.4, 0.5) is 13.2 Å². The first kappa shape index (κ1) is 14.7. The van der Waals surface area contributed by atoms with E-state index in [1.54, 1.807) is 12.1 Å². The molecule has 2 aromatic carbocycles. The maximum absolute atomic E-state index is 12.2. The second-order valence-electron chi connectivity index (χ2n) is 4.05. The van der Waals surface area contributed by atoms with E-state index in [1.807, 2.05) is 18.2 Å². The molecule has 0 aliphatic rings. The van der Waals surface area contributed by atoms with Crippen molar-refractivity contribution >= 4 is 22.0 Å². The van der Waals surface area contributed by atoms with Crippen LogP contribution in [0, 0.1) is 0 Å². The number of halogens is 4. The van der Waals surface area contributed by atoms with Gasteiger partial charge in [-0.3, -0.25) is 0 Å². The summed E-state index contributed by atoms with van der Waals surface area (Å²) in [5.74, 6) is -0.241. The summed E-state index contributed by atoms with van der Waals surface area (Å²) >= 11 is 3.36. The van der Waals surface area contributed by atoms with E-state index in [4.69, 9.17) is 0 Å². The molecule has 0 bridgehead atoms. The summed E-state index contributed by atoms with van der Waals surface area (Å²) in [5, 5.41) is 0. The van der Waals surface area contributed by atoms with E-state index < -0.39 is 6.36 Å².